The summed E-state index contributed by atoms with van der Waals surface area (Å²) < 4.78 is 20.3. The molecule has 0 atom stereocenters. The van der Waals surface area contributed by atoms with Crippen LogP contribution in [0.5, 0.6) is 11.5 Å². The van der Waals surface area contributed by atoms with Crippen LogP contribution in [0.1, 0.15) is 21.9 Å². The van der Waals surface area contributed by atoms with Gasteiger partial charge < -0.3 is 23.7 Å². The van der Waals surface area contributed by atoms with Gasteiger partial charge in [-0.15, -0.1) is 0 Å². The van der Waals surface area contributed by atoms with Crippen LogP contribution in [-0.4, -0.2) is 24.1 Å². The van der Waals surface area contributed by atoms with E-state index in [4.69, 9.17) is 30.0 Å². The fourth-order valence-corrected chi connectivity index (χ4v) is 2.64. The van der Waals surface area contributed by atoms with Crippen molar-refractivity contribution in [3.05, 3.63) is 64.3 Å². The second-order valence-electron chi connectivity index (χ2n) is 5.85. The zero-order chi connectivity index (χ0) is 21.7. The van der Waals surface area contributed by atoms with Crippen LogP contribution in [0, 0.1) is 18.3 Å². The number of aryl methyl sites for hydroxylation is 1. The first-order chi connectivity index (χ1) is 14.4. The van der Waals surface area contributed by atoms with Crippen molar-refractivity contribution < 1.29 is 28.0 Å². The second kappa shape index (κ2) is 8.98. The number of hydrogen-bond acceptors (Lipinski definition) is 8. The number of rotatable bonds is 6. The lowest BCUT2D eigenvalue weighted by molar-refractivity contribution is -0.112. The van der Waals surface area contributed by atoms with E-state index in [1.165, 1.54) is 49.8 Å². The number of esters is 1. The van der Waals surface area contributed by atoms with Crippen LogP contribution < -0.4 is 14.8 Å². The normalized spacial score (nSPS) is 10.9. The Bertz CT molecular complexity index is 1160. The highest BCUT2D eigenvalue weighted by Crippen LogP contribution is 2.37. The molecule has 0 aliphatic heterocycles. The Hall–Kier alpha value is -4.03. The largest absolute Gasteiger partial charge is 0.493 e. The second-order valence-corrected chi connectivity index (χ2v) is 6.25. The van der Waals surface area contributed by atoms with Gasteiger partial charge in [-0.1, -0.05) is 16.8 Å². The molecule has 0 aliphatic rings. The first-order valence-electron chi connectivity index (χ1n) is 8.41. The number of carbonyl (C=O) groups is 2. The summed E-state index contributed by atoms with van der Waals surface area (Å²) in [6.07, 6.45) is 2.63. The number of anilines is 1. The summed E-state index contributed by atoms with van der Waals surface area (Å²) in [5.74, 6) is -0.683. The van der Waals surface area contributed by atoms with E-state index in [1.807, 2.05) is 6.07 Å². The Balaban J connectivity index is 1.86. The molecule has 152 valence electrons. The molecule has 30 heavy (non-hydrogen) atoms. The van der Waals surface area contributed by atoms with Gasteiger partial charge in [0.1, 0.15) is 17.4 Å². The summed E-state index contributed by atoms with van der Waals surface area (Å²) in [5, 5.41) is 15.5. The highest BCUT2D eigenvalue weighted by molar-refractivity contribution is 6.32. The molecule has 2 heterocycles. The minimum Gasteiger partial charge on any atom is -0.493 e. The number of nitrogens with one attached hydrogen (secondary N) is 1. The third-order valence-corrected chi connectivity index (χ3v) is 4.00. The molecule has 0 saturated heterocycles. The average Bonchev–Trinajstić information content (AvgIpc) is 3.39. The quantitative estimate of drug-likeness (QED) is 0.270. The Kier molecular flexibility index (Phi) is 6.20. The van der Waals surface area contributed by atoms with Gasteiger partial charge in [0.2, 0.25) is 5.76 Å². The predicted molar refractivity (Wildman–Crippen MR) is 105 cm³/mol. The number of methoxy groups -OCH3 is 1. The lowest BCUT2D eigenvalue weighted by atomic mass is 10.1. The van der Waals surface area contributed by atoms with Crippen LogP contribution >= 0.6 is 11.6 Å². The van der Waals surface area contributed by atoms with Crippen molar-refractivity contribution in [2.24, 2.45) is 0 Å². The number of nitriles is 1. The minimum atomic E-state index is -0.761. The van der Waals surface area contributed by atoms with Gasteiger partial charge in [-0.2, -0.15) is 5.26 Å². The zero-order valence-electron chi connectivity index (χ0n) is 15.8. The number of nitrogens with zero attached hydrogens (tertiary/aromatic N) is 2. The Morgan fingerprint density at radius 1 is 1.33 bits per heavy atom. The molecule has 0 spiro atoms. The topological polar surface area (TPSA) is 128 Å². The van der Waals surface area contributed by atoms with E-state index < -0.39 is 11.9 Å². The molecule has 0 aliphatic carbocycles. The van der Waals surface area contributed by atoms with Gasteiger partial charge in [0.15, 0.2) is 17.3 Å². The first-order valence-corrected chi connectivity index (χ1v) is 8.78. The number of furan rings is 1. The van der Waals surface area contributed by atoms with Crippen molar-refractivity contribution in [2.45, 2.75) is 6.92 Å². The number of hydrogen-bond donors (Lipinski definition) is 1. The van der Waals surface area contributed by atoms with Crippen molar-refractivity contribution in [3.63, 3.8) is 0 Å². The monoisotopic (exact) mass is 427 g/mol. The number of aromatic nitrogens is 1. The lowest BCUT2D eigenvalue weighted by Crippen LogP contribution is -2.13. The number of ether oxygens (including phenoxy) is 2. The van der Waals surface area contributed by atoms with Crippen LogP contribution in [0.2, 0.25) is 5.02 Å². The van der Waals surface area contributed by atoms with E-state index in [1.54, 1.807) is 6.92 Å². The molecule has 9 nitrogen and oxygen atoms in total. The molecule has 3 aromatic rings. The Morgan fingerprint density at radius 3 is 2.73 bits per heavy atom. The van der Waals surface area contributed by atoms with Gasteiger partial charge in [-0.3, -0.25) is 4.79 Å². The zero-order valence-corrected chi connectivity index (χ0v) is 16.5. The Morgan fingerprint density at radius 2 is 2.13 bits per heavy atom. The van der Waals surface area contributed by atoms with Gasteiger partial charge >= 0.3 is 5.97 Å². The maximum Gasteiger partial charge on any atom is 0.379 e. The van der Waals surface area contributed by atoms with Gasteiger partial charge in [-0.25, -0.2) is 4.79 Å². The van der Waals surface area contributed by atoms with Gasteiger partial charge in [0.05, 0.1) is 18.4 Å². The molecule has 0 fully saturated rings. The smallest absolute Gasteiger partial charge is 0.379 e. The van der Waals surface area contributed by atoms with Crippen molar-refractivity contribution in [1.82, 2.24) is 5.16 Å². The lowest BCUT2D eigenvalue weighted by Gasteiger charge is -2.11. The van der Waals surface area contributed by atoms with E-state index in [0.29, 0.717) is 11.3 Å². The summed E-state index contributed by atoms with van der Waals surface area (Å²) in [6.45, 7) is 1.66. The summed E-state index contributed by atoms with van der Waals surface area (Å²) in [4.78, 5) is 24.4. The number of amides is 1. The van der Waals surface area contributed by atoms with E-state index >= 15 is 0 Å². The molecule has 1 N–H and O–H groups in total. The fraction of sp³-hybridized carbons (Fsp3) is 0.100. The maximum absolute atomic E-state index is 12.3. The first kappa shape index (κ1) is 20.7. The molecule has 3 rings (SSSR count). The molecule has 0 unspecified atom stereocenters. The van der Waals surface area contributed by atoms with Crippen molar-refractivity contribution in [1.29, 1.82) is 5.26 Å². The molecular formula is C20H14ClN3O6. The molecule has 2 aromatic heterocycles. The van der Waals surface area contributed by atoms with Crippen molar-refractivity contribution in [3.8, 4) is 17.6 Å². The van der Waals surface area contributed by atoms with Crippen LogP contribution in [0.3, 0.4) is 0 Å². The van der Waals surface area contributed by atoms with Crippen LogP contribution in [0.15, 0.2) is 51.1 Å². The highest BCUT2D eigenvalue weighted by Gasteiger charge is 2.19. The van der Waals surface area contributed by atoms with Crippen LogP contribution in [0.25, 0.3) is 6.08 Å². The number of halogens is 1. The van der Waals surface area contributed by atoms with E-state index in [-0.39, 0.29) is 33.7 Å². The number of benzene rings is 1. The minimum absolute atomic E-state index is 0.0105. The molecule has 0 radical (unpaired) electrons. The van der Waals surface area contributed by atoms with Crippen LogP contribution in [-0.2, 0) is 4.79 Å². The summed E-state index contributed by atoms with van der Waals surface area (Å²) >= 11 is 6.23. The Labute approximate surface area is 175 Å². The van der Waals surface area contributed by atoms with E-state index in [9.17, 15) is 14.9 Å². The highest BCUT2D eigenvalue weighted by atomic mass is 35.5. The van der Waals surface area contributed by atoms with Crippen molar-refractivity contribution >= 4 is 35.4 Å². The van der Waals surface area contributed by atoms with E-state index in [2.05, 4.69) is 10.5 Å². The fourth-order valence-electron chi connectivity index (χ4n) is 2.38. The standard InChI is InChI=1S/C20H14ClN3O6/c1-11-6-17(24-30-11)23-19(25)13(10-22)7-12-8-14(21)18(16(9-12)27-2)29-20(26)15-4-3-5-28-15/h3-9H,1-2H3,(H,23,24,25)/b13-7-. The molecule has 1 aromatic carbocycles. The van der Waals surface area contributed by atoms with E-state index in [0.717, 1.165) is 0 Å². The average molecular weight is 428 g/mol. The summed E-state index contributed by atoms with van der Waals surface area (Å²) in [6, 6.07) is 9.17. The summed E-state index contributed by atoms with van der Waals surface area (Å²) in [7, 11) is 1.36. The third-order valence-electron chi connectivity index (χ3n) is 3.71. The maximum atomic E-state index is 12.3. The van der Waals surface area contributed by atoms with Crippen molar-refractivity contribution in [2.75, 3.05) is 12.4 Å². The summed E-state index contributed by atoms with van der Waals surface area (Å²) in [5.41, 5.74) is 0.159. The molecule has 1 amide bonds. The van der Waals surface area contributed by atoms with Gasteiger partial charge in [-0.05, 0) is 42.8 Å². The molecule has 0 bridgehead atoms. The van der Waals surface area contributed by atoms with Gasteiger partial charge in [0, 0.05) is 6.07 Å². The molecule has 10 heteroatoms. The van der Waals surface area contributed by atoms with Gasteiger partial charge in [0.25, 0.3) is 5.91 Å². The SMILES string of the molecule is COc1cc(/C=C(/C#N)C(=O)Nc2cc(C)on2)cc(Cl)c1OC(=O)c1ccco1. The molecular weight excluding hydrogens is 414 g/mol. The number of carbonyl (C=O) groups excluding carboxylic acids is 2. The predicted octanol–water partition coefficient (Wildman–Crippen LogP) is 4.00. The third kappa shape index (κ3) is 4.68. The van der Waals surface area contributed by atoms with Crippen LogP contribution in [0.4, 0.5) is 5.82 Å². The molecule has 0 saturated carbocycles.